The maximum Gasteiger partial charge on any atom is 0.215 e. The summed E-state index contributed by atoms with van der Waals surface area (Å²) in [6, 6.07) is 5.39. The number of imidazole rings is 1. The molecule has 0 saturated carbocycles. The van der Waals surface area contributed by atoms with Crippen LogP contribution < -0.4 is 0 Å². The fraction of sp³-hybridized carbons (Fsp3) is 0.438. The van der Waals surface area contributed by atoms with Gasteiger partial charge in [-0.05, 0) is 18.6 Å². The molecule has 1 aromatic heterocycles. The molecule has 1 fully saturated rings. The Morgan fingerprint density at radius 2 is 2.27 bits per heavy atom. The fourth-order valence-corrected chi connectivity index (χ4v) is 3.31. The normalized spacial score (nSPS) is 24.8. The standard InChI is InChI=1S/C16H18Cl2N2O2/c1-2-3-13-9-21-16(22-13,10-20-7-6-19-11-20)14-5-4-12(17)8-15(14)18/h4-8,11,13H,2-3,9-10H2,1H3/t13-,16-/m1/s1. The van der Waals surface area contributed by atoms with Gasteiger partial charge in [0.25, 0.3) is 0 Å². The van der Waals surface area contributed by atoms with Crippen molar-refractivity contribution in [2.45, 2.75) is 38.2 Å². The number of halogens is 2. The first-order valence-corrected chi connectivity index (χ1v) is 8.11. The molecule has 0 unspecified atom stereocenters. The van der Waals surface area contributed by atoms with Crippen LogP contribution in [0, 0.1) is 0 Å². The summed E-state index contributed by atoms with van der Waals surface area (Å²) in [7, 11) is 0. The second-order valence-electron chi connectivity index (χ2n) is 5.45. The largest absolute Gasteiger partial charge is 0.342 e. The summed E-state index contributed by atoms with van der Waals surface area (Å²) in [5.41, 5.74) is 0.797. The smallest absolute Gasteiger partial charge is 0.215 e. The van der Waals surface area contributed by atoms with Crippen molar-refractivity contribution >= 4 is 23.2 Å². The fourth-order valence-electron chi connectivity index (χ4n) is 2.76. The maximum atomic E-state index is 6.39. The number of ether oxygens (including phenoxy) is 2. The average molecular weight is 341 g/mol. The zero-order chi connectivity index (χ0) is 15.6. The lowest BCUT2D eigenvalue weighted by atomic mass is 10.1. The first kappa shape index (κ1) is 15.8. The molecule has 0 N–H and O–H groups in total. The molecule has 1 aromatic carbocycles. The quantitative estimate of drug-likeness (QED) is 0.815. The zero-order valence-electron chi connectivity index (χ0n) is 12.3. The van der Waals surface area contributed by atoms with Crippen LogP contribution in [0.25, 0.3) is 0 Å². The number of hydrogen-bond donors (Lipinski definition) is 0. The minimum Gasteiger partial charge on any atom is -0.342 e. The van der Waals surface area contributed by atoms with E-state index in [9.17, 15) is 0 Å². The molecular weight excluding hydrogens is 323 g/mol. The van der Waals surface area contributed by atoms with Gasteiger partial charge in [0.05, 0.1) is 30.6 Å². The van der Waals surface area contributed by atoms with E-state index in [4.69, 9.17) is 32.7 Å². The second kappa shape index (κ2) is 6.59. The number of hydrogen-bond acceptors (Lipinski definition) is 3. The van der Waals surface area contributed by atoms with Gasteiger partial charge in [0, 0.05) is 23.0 Å². The van der Waals surface area contributed by atoms with Gasteiger partial charge >= 0.3 is 0 Å². The van der Waals surface area contributed by atoms with Crippen molar-refractivity contribution in [2.24, 2.45) is 0 Å². The summed E-state index contributed by atoms with van der Waals surface area (Å²) in [6.07, 6.45) is 7.42. The highest BCUT2D eigenvalue weighted by molar-refractivity contribution is 6.35. The molecular formula is C16H18Cl2N2O2. The summed E-state index contributed by atoms with van der Waals surface area (Å²) in [6.45, 7) is 3.19. The van der Waals surface area contributed by atoms with Crippen LogP contribution in [-0.4, -0.2) is 22.3 Å². The molecule has 3 rings (SSSR count). The van der Waals surface area contributed by atoms with Gasteiger partial charge < -0.3 is 14.0 Å². The van der Waals surface area contributed by atoms with Crippen molar-refractivity contribution in [3.63, 3.8) is 0 Å². The second-order valence-corrected chi connectivity index (χ2v) is 6.30. The minimum atomic E-state index is -0.901. The Labute approximate surface area is 140 Å². The molecule has 2 heterocycles. The number of rotatable bonds is 5. The molecule has 0 spiro atoms. The molecule has 4 nitrogen and oxygen atoms in total. The van der Waals surface area contributed by atoms with E-state index in [0.717, 1.165) is 18.4 Å². The lowest BCUT2D eigenvalue weighted by molar-refractivity contribution is -0.187. The Morgan fingerprint density at radius 3 is 2.95 bits per heavy atom. The third kappa shape index (κ3) is 3.15. The summed E-state index contributed by atoms with van der Waals surface area (Å²) in [5.74, 6) is -0.901. The van der Waals surface area contributed by atoms with Gasteiger partial charge in [0.2, 0.25) is 5.79 Å². The molecule has 1 aliphatic rings. The Morgan fingerprint density at radius 1 is 1.41 bits per heavy atom. The van der Waals surface area contributed by atoms with E-state index >= 15 is 0 Å². The van der Waals surface area contributed by atoms with Crippen LogP contribution >= 0.6 is 23.2 Å². The van der Waals surface area contributed by atoms with Gasteiger partial charge in [-0.1, -0.05) is 42.6 Å². The van der Waals surface area contributed by atoms with Gasteiger partial charge in [-0.3, -0.25) is 0 Å². The van der Waals surface area contributed by atoms with Crippen molar-refractivity contribution in [2.75, 3.05) is 6.61 Å². The Balaban J connectivity index is 1.96. The lowest BCUT2D eigenvalue weighted by Crippen LogP contribution is -2.33. The van der Waals surface area contributed by atoms with Crippen LogP contribution in [0.3, 0.4) is 0 Å². The molecule has 1 aliphatic heterocycles. The number of aromatic nitrogens is 2. The van der Waals surface area contributed by atoms with Crippen molar-refractivity contribution in [1.82, 2.24) is 9.55 Å². The molecule has 1 saturated heterocycles. The predicted molar refractivity (Wildman–Crippen MR) is 86.1 cm³/mol. The van der Waals surface area contributed by atoms with Crippen LogP contribution in [0.4, 0.5) is 0 Å². The van der Waals surface area contributed by atoms with Crippen LogP contribution in [0.1, 0.15) is 25.3 Å². The van der Waals surface area contributed by atoms with Crippen LogP contribution in [0.5, 0.6) is 0 Å². The van der Waals surface area contributed by atoms with Crippen LogP contribution in [-0.2, 0) is 21.8 Å². The molecule has 0 bridgehead atoms. The Kier molecular flexibility index (Phi) is 4.73. The molecule has 0 aliphatic carbocycles. The zero-order valence-corrected chi connectivity index (χ0v) is 13.8. The molecule has 0 radical (unpaired) electrons. The SMILES string of the molecule is CCC[C@@H]1CO[C@@](Cn2ccnc2)(c2ccc(Cl)cc2Cl)O1. The first-order valence-electron chi connectivity index (χ1n) is 7.36. The Hall–Kier alpha value is -1.07. The topological polar surface area (TPSA) is 36.3 Å². The molecule has 2 atom stereocenters. The number of nitrogens with zero attached hydrogens (tertiary/aromatic N) is 2. The van der Waals surface area contributed by atoms with Gasteiger partial charge in [0.15, 0.2) is 0 Å². The average Bonchev–Trinajstić information content (AvgIpc) is 3.10. The predicted octanol–water partition coefficient (Wildman–Crippen LogP) is 4.26. The minimum absolute atomic E-state index is 0.0697. The van der Waals surface area contributed by atoms with E-state index in [1.807, 2.05) is 16.8 Å². The van der Waals surface area contributed by atoms with E-state index in [2.05, 4.69) is 11.9 Å². The Bertz CT molecular complexity index is 633. The van der Waals surface area contributed by atoms with Crippen molar-refractivity contribution in [3.05, 3.63) is 52.5 Å². The van der Waals surface area contributed by atoms with Crippen LogP contribution in [0.2, 0.25) is 10.0 Å². The molecule has 118 valence electrons. The van der Waals surface area contributed by atoms with E-state index < -0.39 is 5.79 Å². The van der Waals surface area contributed by atoms with Crippen molar-refractivity contribution in [1.29, 1.82) is 0 Å². The third-order valence-corrected chi connectivity index (χ3v) is 4.31. The molecule has 22 heavy (non-hydrogen) atoms. The van der Waals surface area contributed by atoms with E-state index in [0.29, 0.717) is 23.2 Å². The maximum absolute atomic E-state index is 6.39. The summed E-state index contributed by atoms with van der Waals surface area (Å²) >= 11 is 12.4. The summed E-state index contributed by atoms with van der Waals surface area (Å²) in [5, 5.41) is 1.14. The van der Waals surface area contributed by atoms with Crippen molar-refractivity contribution < 1.29 is 9.47 Å². The highest BCUT2D eigenvalue weighted by Gasteiger charge is 2.44. The van der Waals surface area contributed by atoms with Gasteiger partial charge in [-0.2, -0.15) is 0 Å². The molecule has 6 heteroatoms. The highest BCUT2D eigenvalue weighted by atomic mass is 35.5. The van der Waals surface area contributed by atoms with Gasteiger partial charge in [-0.25, -0.2) is 4.98 Å². The van der Waals surface area contributed by atoms with Crippen molar-refractivity contribution in [3.8, 4) is 0 Å². The molecule has 0 amide bonds. The van der Waals surface area contributed by atoms with Gasteiger partial charge in [0.1, 0.15) is 0 Å². The van der Waals surface area contributed by atoms with Crippen LogP contribution in [0.15, 0.2) is 36.9 Å². The first-order chi connectivity index (χ1) is 10.6. The summed E-state index contributed by atoms with van der Waals surface area (Å²) < 4.78 is 14.3. The van der Waals surface area contributed by atoms with E-state index in [1.165, 1.54) is 0 Å². The van der Waals surface area contributed by atoms with E-state index in [-0.39, 0.29) is 6.10 Å². The monoisotopic (exact) mass is 340 g/mol. The highest BCUT2D eigenvalue weighted by Crippen LogP contribution is 2.41. The van der Waals surface area contributed by atoms with E-state index in [1.54, 1.807) is 24.7 Å². The lowest BCUT2D eigenvalue weighted by Gasteiger charge is -2.30. The van der Waals surface area contributed by atoms with Gasteiger partial charge in [-0.15, -0.1) is 0 Å². The molecule has 2 aromatic rings. The number of benzene rings is 1. The third-order valence-electron chi connectivity index (χ3n) is 3.76. The summed E-state index contributed by atoms with van der Waals surface area (Å²) in [4.78, 5) is 4.08.